The number of carbonyl (C=O) groups is 2. The van der Waals surface area contributed by atoms with E-state index in [1.807, 2.05) is 31.2 Å². The zero-order valence-corrected chi connectivity index (χ0v) is 17.7. The molecule has 4 rings (SSSR count). The topological polar surface area (TPSA) is 66.8 Å². The Morgan fingerprint density at radius 1 is 1.00 bits per heavy atom. The number of aliphatic hydroxyl groups excluding tert-OH is 1. The minimum atomic E-state index is -0.582. The van der Waals surface area contributed by atoms with E-state index in [0.717, 1.165) is 22.3 Å². The van der Waals surface area contributed by atoms with Gasteiger partial charge in [-0.25, -0.2) is 9.18 Å². The molecule has 3 aromatic carbocycles. The zero-order chi connectivity index (χ0) is 22.8. The van der Waals surface area contributed by atoms with Crippen LogP contribution in [0.5, 0.6) is 0 Å². The van der Waals surface area contributed by atoms with Gasteiger partial charge in [-0.2, -0.15) is 0 Å². The van der Waals surface area contributed by atoms with Gasteiger partial charge in [-0.1, -0.05) is 54.1 Å². The zero-order valence-electron chi connectivity index (χ0n) is 17.7. The van der Waals surface area contributed by atoms with Crippen molar-refractivity contribution in [3.05, 3.63) is 112 Å². The highest BCUT2D eigenvalue weighted by Gasteiger charge is 2.41. The summed E-state index contributed by atoms with van der Waals surface area (Å²) in [6.45, 7) is 2.14. The molecule has 1 aliphatic heterocycles. The van der Waals surface area contributed by atoms with Gasteiger partial charge in [-0.3, -0.25) is 4.79 Å². The summed E-state index contributed by atoms with van der Waals surface area (Å²) in [5, 5.41) is 10.8. The Bertz CT molecular complexity index is 1180. The van der Waals surface area contributed by atoms with Crippen molar-refractivity contribution in [2.75, 3.05) is 7.11 Å². The largest absolute Gasteiger partial charge is 0.503 e. The van der Waals surface area contributed by atoms with E-state index in [4.69, 9.17) is 4.74 Å². The Labute approximate surface area is 185 Å². The molecule has 162 valence electrons. The van der Waals surface area contributed by atoms with Crippen LogP contribution in [0.3, 0.4) is 0 Å². The number of hydrogen-bond donors (Lipinski definition) is 1. The fourth-order valence-electron chi connectivity index (χ4n) is 3.90. The number of nitrogens with zero attached hydrogens (tertiary/aromatic N) is 1. The second-order valence-electron chi connectivity index (χ2n) is 7.70. The highest BCUT2D eigenvalue weighted by Crippen LogP contribution is 2.43. The minimum Gasteiger partial charge on any atom is -0.503 e. The number of hydrogen-bond acceptors (Lipinski definition) is 4. The number of carbonyl (C=O) groups excluding carboxylic acids is 2. The van der Waals surface area contributed by atoms with Gasteiger partial charge in [0, 0.05) is 12.1 Å². The molecule has 1 amide bonds. The summed E-state index contributed by atoms with van der Waals surface area (Å²) in [5.41, 5.74) is 4.12. The quantitative estimate of drug-likeness (QED) is 0.579. The fourth-order valence-corrected chi connectivity index (χ4v) is 3.90. The highest BCUT2D eigenvalue weighted by molar-refractivity contribution is 6.05. The summed E-state index contributed by atoms with van der Waals surface area (Å²) in [7, 11) is 1.31. The van der Waals surface area contributed by atoms with Crippen molar-refractivity contribution in [3.8, 4) is 0 Å². The molecule has 1 aliphatic rings. The van der Waals surface area contributed by atoms with Gasteiger partial charge < -0.3 is 14.7 Å². The number of benzene rings is 3. The number of methoxy groups -OCH3 is 1. The van der Waals surface area contributed by atoms with Gasteiger partial charge in [-0.05, 0) is 47.9 Å². The molecule has 1 atom stereocenters. The van der Waals surface area contributed by atoms with Crippen LogP contribution in [-0.4, -0.2) is 29.0 Å². The molecule has 1 heterocycles. The van der Waals surface area contributed by atoms with E-state index >= 15 is 0 Å². The Kier molecular flexibility index (Phi) is 5.77. The van der Waals surface area contributed by atoms with E-state index in [9.17, 15) is 19.1 Å². The molecule has 32 heavy (non-hydrogen) atoms. The average molecular weight is 431 g/mol. The summed E-state index contributed by atoms with van der Waals surface area (Å²) in [6.07, 6.45) is 0. The van der Waals surface area contributed by atoms with Crippen molar-refractivity contribution in [3.63, 3.8) is 0 Å². The van der Waals surface area contributed by atoms with E-state index < -0.39 is 17.9 Å². The molecule has 5 nitrogen and oxygen atoms in total. The maximum Gasteiger partial charge on any atom is 0.337 e. The van der Waals surface area contributed by atoms with E-state index in [1.165, 1.54) is 19.2 Å². The molecule has 0 aromatic heterocycles. The van der Waals surface area contributed by atoms with Crippen molar-refractivity contribution in [2.24, 2.45) is 0 Å². The van der Waals surface area contributed by atoms with Gasteiger partial charge in [0.25, 0.3) is 5.91 Å². The smallest absolute Gasteiger partial charge is 0.337 e. The van der Waals surface area contributed by atoms with E-state index in [2.05, 4.69) is 0 Å². The molecule has 6 heteroatoms. The average Bonchev–Trinajstić information content (AvgIpc) is 3.05. The van der Waals surface area contributed by atoms with Gasteiger partial charge in [0.2, 0.25) is 0 Å². The van der Waals surface area contributed by atoms with Crippen molar-refractivity contribution < 1.29 is 23.8 Å². The molecular formula is C26H22FNO4. The lowest BCUT2D eigenvalue weighted by Crippen LogP contribution is -2.29. The first-order valence-corrected chi connectivity index (χ1v) is 10.1. The molecule has 1 N–H and O–H groups in total. The third-order valence-electron chi connectivity index (χ3n) is 5.58. The number of aryl methyl sites for hydroxylation is 1. The predicted molar refractivity (Wildman–Crippen MR) is 118 cm³/mol. The molecule has 0 spiro atoms. The molecule has 3 aromatic rings. The van der Waals surface area contributed by atoms with E-state index in [-0.39, 0.29) is 18.1 Å². The summed E-state index contributed by atoms with van der Waals surface area (Å²) >= 11 is 0. The molecule has 0 saturated carbocycles. The number of halogens is 1. The lowest BCUT2D eigenvalue weighted by atomic mass is 9.92. The Morgan fingerprint density at radius 2 is 1.62 bits per heavy atom. The SMILES string of the molecule is COC(=O)c1ccc([C@H]2C(c3ccc(C)cc3)=C(O)C(=O)N2Cc2ccc(F)cc2)cc1. The van der Waals surface area contributed by atoms with Crippen molar-refractivity contribution >= 4 is 17.4 Å². The van der Waals surface area contributed by atoms with Crippen molar-refractivity contribution in [1.82, 2.24) is 4.90 Å². The van der Waals surface area contributed by atoms with Crippen LogP contribution in [0.4, 0.5) is 4.39 Å². The van der Waals surface area contributed by atoms with Crippen molar-refractivity contribution in [1.29, 1.82) is 0 Å². The lowest BCUT2D eigenvalue weighted by Gasteiger charge is -2.27. The molecule has 0 bridgehead atoms. The second-order valence-corrected chi connectivity index (χ2v) is 7.70. The first-order valence-electron chi connectivity index (χ1n) is 10.1. The van der Waals surface area contributed by atoms with Crippen molar-refractivity contribution in [2.45, 2.75) is 19.5 Å². The molecule has 0 radical (unpaired) electrons. The van der Waals surface area contributed by atoms with Crippen LogP contribution in [0.25, 0.3) is 5.57 Å². The van der Waals surface area contributed by atoms with Crippen LogP contribution in [0.1, 0.15) is 38.7 Å². The monoisotopic (exact) mass is 431 g/mol. The summed E-state index contributed by atoms with van der Waals surface area (Å²) < 4.78 is 18.1. The molecular weight excluding hydrogens is 409 g/mol. The predicted octanol–water partition coefficient (Wildman–Crippen LogP) is 4.97. The second kappa shape index (κ2) is 8.67. The maximum absolute atomic E-state index is 13.4. The van der Waals surface area contributed by atoms with Crippen LogP contribution in [0.15, 0.2) is 78.6 Å². The maximum atomic E-state index is 13.4. The molecule has 0 unspecified atom stereocenters. The Balaban J connectivity index is 1.79. The summed E-state index contributed by atoms with van der Waals surface area (Å²) in [5.74, 6) is -1.65. The van der Waals surface area contributed by atoms with Gasteiger partial charge in [0.05, 0.1) is 18.7 Å². The normalized spacial score (nSPS) is 15.9. The Hall–Kier alpha value is -3.93. The Morgan fingerprint density at radius 3 is 2.22 bits per heavy atom. The number of esters is 1. The van der Waals surface area contributed by atoms with Gasteiger partial charge in [0.1, 0.15) is 5.82 Å². The van der Waals surface area contributed by atoms with Crippen LogP contribution < -0.4 is 0 Å². The summed E-state index contributed by atoms with van der Waals surface area (Å²) in [6, 6.07) is 19.6. The highest BCUT2D eigenvalue weighted by atomic mass is 19.1. The molecule has 0 aliphatic carbocycles. The first-order chi connectivity index (χ1) is 15.4. The van der Waals surface area contributed by atoms with Crippen LogP contribution in [-0.2, 0) is 16.1 Å². The van der Waals surface area contributed by atoms with Crippen LogP contribution in [0, 0.1) is 12.7 Å². The molecule has 0 fully saturated rings. The fraction of sp³-hybridized carbons (Fsp3) is 0.154. The number of amides is 1. The van der Waals surface area contributed by atoms with Crippen LogP contribution >= 0.6 is 0 Å². The number of aliphatic hydroxyl groups is 1. The van der Waals surface area contributed by atoms with Gasteiger partial charge in [-0.15, -0.1) is 0 Å². The van der Waals surface area contributed by atoms with Crippen LogP contribution in [0.2, 0.25) is 0 Å². The molecule has 0 saturated heterocycles. The minimum absolute atomic E-state index is 0.182. The number of ether oxygens (including phenoxy) is 1. The third-order valence-corrected chi connectivity index (χ3v) is 5.58. The van der Waals surface area contributed by atoms with Gasteiger partial charge in [0.15, 0.2) is 5.76 Å². The van der Waals surface area contributed by atoms with E-state index in [0.29, 0.717) is 11.1 Å². The number of rotatable bonds is 5. The third kappa shape index (κ3) is 3.99. The lowest BCUT2D eigenvalue weighted by molar-refractivity contribution is -0.130. The summed E-state index contributed by atoms with van der Waals surface area (Å²) in [4.78, 5) is 26.5. The van der Waals surface area contributed by atoms with E-state index in [1.54, 1.807) is 41.3 Å². The first kappa shape index (κ1) is 21.3. The standard InChI is InChI=1S/C26H22FNO4/c1-16-3-7-18(8-4-16)22-23(19-9-11-20(12-10-19)26(31)32-2)28(25(30)24(22)29)15-17-5-13-21(27)14-6-17/h3-14,23,29H,15H2,1-2H3/t23-/m0/s1. The van der Waals surface area contributed by atoms with Gasteiger partial charge >= 0.3 is 5.97 Å².